The molecule has 6 heteroatoms. The second-order valence-electron chi connectivity index (χ2n) is 2.61. The van der Waals surface area contributed by atoms with Crippen LogP contribution in [0.25, 0.3) is 0 Å². The molecule has 0 aliphatic carbocycles. The number of alkyl halides is 2. The lowest BCUT2D eigenvalue weighted by molar-refractivity contribution is 0.0513. The summed E-state index contributed by atoms with van der Waals surface area (Å²) >= 11 is 1.89. The maximum Gasteiger partial charge on any atom is 0.340 e. The summed E-state index contributed by atoms with van der Waals surface area (Å²) < 4.78 is 30.2. The van der Waals surface area contributed by atoms with E-state index in [1.54, 1.807) is 6.92 Å². The summed E-state index contributed by atoms with van der Waals surface area (Å²) in [4.78, 5) is 14.8. The third kappa shape index (κ3) is 3.08. The van der Waals surface area contributed by atoms with E-state index in [0.717, 1.165) is 0 Å². The molecule has 82 valence electrons. The second-order valence-corrected chi connectivity index (χ2v) is 3.85. The fourth-order valence-electron chi connectivity index (χ4n) is 0.996. The lowest BCUT2D eigenvalue weighted by Gasteiger charge is -2.07. The lowest BCUT2D eigenvalue weighted by Crippen LogP contribution is -2.10. The van der Waals surface area contributed by atoms with Gasteiger partial charge in [-0.15, -0.1) is 0 Å². The Hall–Kier alpha value is -0.790. The fourth-order valence-corrected chi connectivity index (χ4v) is 1.45. The fraction of sp³-hybridized carbons (Fsp3) is 0.333. The van der Waals surface area contributed by atoms with Gasteiger partial charge in [0, 0.05) is 9.77 Å². The molecule has 0 bridgehead atoms. The zero-order valence-corrected chi connectivity index (χ0v) is 9.99. The van der Waals surface area contributed by atoms with Crippen molar-refractivity contribution < 1.29 is 18.3 Å². The largest absolute Gasteiger partial charge is 0.462 e. The van der Waals surface area contributed by atoms with E-state index < -0.39 is 18.1 Å². The van der Waals surface area contributed by atoms with Crippen molar-refractivity contribution in [3.05, 3.63) is 27.1 Å². The molecule has 1 aromatic rings. The Morgan fingerprint density at radius 1 is 1.67 bits per heavy atom. The Labute approximate surface area is 99.0 Å². The SMILES string of the molecule is CCOC(=O)c1cc(I)cnc1C(F)F. The van der Waals surface area contributed by atoms with Crippen molar-refractivity contribution in [2.75, 3.05) is 6.61 Å². The molecule has 1 aromatic heterocycles. The summed E-state index contributed by atoms with van der Waals surface area (Å²) in [6.45, 7) is 1.76. The van der Waals surface area contributed by atoms with E-state index in [1.165, 1.54) is 12.3 Å². The molecule has 0 aliphatic heterocycles. The van der Waals surface area contributed by atoms with Crippen LogP contribution in [-0.4, -0.2) is 17.6 Å². The minimum Gasteiger partial charge on any atom is -0.462 e. The number of carbonyl (C=O) groups excluding carboxylic acids is 1. The van der Waals surface area contributed by atoms with Gasteiger partial charge in [0.05, 0.1) is 12.2 Å². The average molecular weight is 327 g/mol. The number of hydrogen-bond donors (Lipinski definition) is 0. The lowest BCUT2D eigenvalue weighted by atomic mass is 10.2. The van der Waals surface area contributed by atoms with E-state index in [2.05, 4.69) is 9.72 Å². The van der Waals surface area contributed by atoms with E-state index >= 15 is 0 Å². The zero-order valence-electron chi connectivity index (χ0n) is 7.84. The van der Waals surface area contributed by atoms with Gasteiger partial charge in [-0.1, -0.05) is 0 Å². The third-order valence-electron chi connectivity index (χ3n) is 1.59. The molecule has 0 saturated carbocycles. The molecule has 0 spiro atoms. The predicted molar refractivity (Wildman–Crippen MR) is 57.9 cm³/mol. The van der Waals surface area contributed by atoms with Gasteiger partial charge in [0.25, 0.3) is 6.43 Å². The number of hydrogen-bond acceptors (Lipinski definition) is 3. The quantitative estimate of drug-likeness (QED) is 0.633. The van der Waals surface area contributed by atoms with Gasteiger partial charge in [-0.3, -0.25) is 4.98 Å². The first-order valence-electron chi connectivity index (χ1n) is 4.17. The summed E-state index contributed by atoms with van der Waals surface area (Å²) in [5, 5.41) is 0. The molecule has 1 heterocycles. The van der Waals surface area contributed by atoms with Crippen LogP contribution in [0.4, 0.5) is 8.78 Å². The molecule has 0 unspecified atom stereocenters. The van der Waals surface area contributed by atoms with Crippen molar-refractivity contribution in [2.24, 2.45) is 0 Å². The van der Waals surface area contributed by atoms with Crippen molar-refractivity contribution >= 4 is 28.6 Å². The number of ether oxygens (including phenoxy) is 1. The first-order valence-corrected chi connectivity index (χ1v) is 5.24. The molecule has 1 rings (SSSR count). The van der Waals surface area contributed by atoms with E-state index in [4.69, 9.17) is 0 Å². The Bertz CT molecular complexity index is 371. The van der Waals surface area contributed by atoms with E-state index in [1.807, 2.05) is 22.6 Å². The maximum absolute atomic E-state index is 12.5. The van der Waals surface area contributed by atoms with E-state index in [-0.39, 0.29) is 12.2 Å². The smallest absolute Gasteiger partial charge is 0.340 e. The Morgan fingerprint density at radius 2 is 2.33 bits per heavy atom. The molecule has 3 nitrogen and oxygen atoms in total. The van der Waals surface area contributed by atoms with Crippen molar-refractivity contribution in [1.29, 1.82) is 0 Å². The van der Waals surface area contributed by atoms with Crippen molar-refractivity contribution in [1.82, 2.24) is 4.98 Å². The number of carbonyl (C=O) groups is 1. The topological polar surface area (TPSA) is 39.2 Å². The van der Waals surface area contributed by atoms with Crippen molar-refractivity contribution in [3.8, 4) is 0 Å². The Morgan fingerprint density at radius 3 is 2.87 bits per heavy atom. The molecule has 15 heavy (non-hydrogen) atoms. The summed E-state index contributed by atoms with van der Waals surface area (Å²) in [7, 11) is 0. The highest BCUT2D eigenvalue weighted by Crippen LogP contribution is 2.22. The monoisotopic (exact) mass is 327 g/mol. The van der Waals surface area contributed by atoms with Crippen LogP contribution in [-0.2, 0) is 4.74 Å². The number of halogens is 3. The normalized spacial score (nSPS) is 10.5. The number of nitrogens with zero attached hydrogens (tertiary/aromatic N) is 1. The molecular formula is C9H8F2INO2. The van der Waals surface area contributed by atoms with Crippen LogP contribution >= 0.6 is 22.6 Å². The van der Waals surface area contributed by atoms with Gasteiger partial charge in [0.15, 0.2) is 0 Å². The number of rotatable bonds is 3. The van der Waals surface area contributed by atoms with Crippen molar-refractivity contribution in [3.63, 3.8) is 0 Å². The molecule has 0 amide bonds. The highest BCUT2D eigenvalue weighted by molar-refractivity contribution is 14.1. The summed E-state index contributed by atoms with van der Waals surface area (Å²) in [6.07, 6.45) is -1.49. The Kier molecular flexibility index (Phi) is 4.37. The number of pyridine rings is 1. The molecule has 0 fully saturated rings. The standard InChI is InChI=1S/C9H8F2INO2/c1-2-15-9(14)6-3-5(12)4-13-7(6)8(10)11/h3-4,8H,2H2,1H3. The molecule has 0 aromatic carbocycles. The Balaban J connectivity index is 3.12. The second kappa shape index (κ2) is 5.34. The first-order chi connectivity index (χ1) is 7.06. The molecule has 0 atom stereocenters. The summed E-state index contributed by atoms with van der Waals surface area (Å²) in [5.41, 5.74) is -0.701. The van der Waals surface area contributed by atoms with Gasteiger partial charge in [0.1, 0.15) is 5.69 Å². The average Bonchev–Trinajstić information content (AvgIpc) is 2.17. The maximum atomic E-state index is 12.5. The van der Waals surface area contributed by atoms with Gasteiger partial charge in [0.2, 0.25) is 0 Å². The van der Waals surface area contributed by atoms with Crippen LogP contribution in [0.3, 0.4) is 0 Å². The zero-order chi connectivity index (χ0) is 11.4. The van der Waals surface area contributed by atoms with Crippen LogP contribution in [0.5, 0.6) is 0 Å². The highest BCUT2D eigenvalue weighted by Gasteiger charge is 2.21. The van der Waals surface area contributed by atoms with Gasteiger partial charge in [-0.25, -0.2) is 13.6 Å². The summed E-state index contributed by atoms with van der Waals surface area (Å²) in [5.74, 6) is -0.765. The van der Waals surface area contributed by atoms with E-state index in [9.17, 15) is 13.6 Å². The third-order valence-corrected chi connectivity index (χ3v) is 2.18. The molecule has 0 saturated heterocycles. The van der Waals surface area contributed by atoms with Crippen LogP contribution in [0, 0.1) is 3.57 Å². The van der Waals surface area contributed by atoms with Crippen LogP contribution in [0.15, 0.2) is 12.3 Å². The molecular weight excluding hydrogens is 319 g/mol. The van der Waals surface area contributed by atoms with Crippen LogP contribution in [0.1, 0.15) is 29.4 Å². The van der Waals surface area contributed by atoms with Gasteiger partial charge < -0.3 is 4.74 Å². The minimum atomic E-state index is -2.78. The first kappa shape index (κ1) is 12.3. The number of esters is 1. The van der Waals surface area contributed by atoms with Crippen LogP contribution in [0.2, 0.25) is 0 Å². The van der Waals surface area contributed by atoms with Gasteiger partial charge in [-0.05, 0) is 35.6 Å². The molecule has 0 N–H and O–H groups in total. The minimum absolute atomic E-state index is 0.146. The summed E-state index contributed by atoms with van der Waals surface area (Å²) in [6, 6.07) is 1.34. The highest BCUT2D eigenvalue weighted by atomic mass is 127. The van der Waals surface area contributed by atoms with Gasteiger partial charge in [-0.2, -0.15) is 0 Å². The van der Waals surface area contributed by atoms with E-state index in [0.29, 0.717) is 3.57 Å². The molecule has 0 aliphatic rings. The molecule has 0 radical (unpaired) electrons. The number of aromatic nitrogens is 1. The van der Waals surface area contributed by atoms with Crippen molar-refractivity contribution in [2.45, 2.75) is 13.3 Å². The predicted octanol–water partition coefficient (Wildman–Crippen LogP) is 2.80. The van der Waals surface area contributed by atoms with Crippen LogP contribution < -0.4 is 0 Å². The van der Waals surface area contributed by atoms with Gasteiger partial charge >= 0.3 is 5.97 Å².